The molecule has 4 N–H and O–H groups in total. The number of nitrogens with one attached hydrogen (secondary N) is 2. The summed E-state index contributed by atoms with van der Waals surface area (Å²) < 4.78 is 1.17. The van der Waals surface area contributed by atoms with Gasteiger partial charge in [-0.1, -0.05) is 12.1 Å². The zero-order valence-corrected chi connectivity index (χ0v) is 9.08. The summed E-state index contributed by atoms with van der Waals surface area (Å²) in [5.41, 5.74) is 4.16. The molecule has 0 amide bonds. The number of hydrogen-bond donors (Lipinski definition) is 3. The second-order valence-electron chi connectivity index (χ2n) is 2.42. The average molecular weight is 287 g/mol. The topological polar surface area (TPSA) is 61.9 Å². The fraction of sp³-hybridized carbons (Fsp3) is 0. The van der Waals surface area contributed by atoms with Crippen molar-refractivity contribution in [2.45, 2.75) is 0 Å². The van der Waals surface area contributed by atoms with Crippen LogP contribution >= 0.6 is 22.6 Å². The van der Waals surface area contributed by atoms with Crippen LogP contribution in [0.5, 0.6) is 0 Å². The van der Waals surface area contributed by atoms with Gasteiger partial charge in [0.1, 0.15) is 0 Å². The highest BCUT2D eigenvalue weighted by molar-refractivity contribution is 14.1. The van der Waals surface area contributed by atoms with E-state index in [1.165, 1.54) is 9.78 Å². The quantitative estimate of drug-likeness (QED) is 0.343. The van der Waals surface area contributed by atoms with Crippen LogP contribution in [0.3, 0.4) is 0 Å². The molecule has 1 aromatic rings. The van der Waals surface area contributed by atoms with Crippen LogP contribution in [0.2, 0.25) is 0 Å². The first-order valence-corrected chi connectivity index (χ1v) is 4.78. The van der Waals surface area contributed by atoms with Crippen LogP contribution in [0, 0.1) is 8.98 Å². The number of benzene rings is 1. The van der Waals surface area contributed by atoms with Gasteiger partial charge in [0.05, 0.1) is 0 Å². The molecule has 0 atom stereocenters. The normalized spacial score (nSPS) is 11.1. The summed E-state index contributed by atoms with van der Waals surface area (Å²) in [5.74, 6) is 5.14. The second kappa shape index (κ2) is 4.98. The van der Waals surface area contributed by atoms with E-state index >= 15 is 0 Å². The van der Waals surface area contributed by atoms with E-state index in [1.54, 1.807) is 6.20 Å². The van der Waals surface area contributed by atoms with Crippen molar-refractivity contribution >= 4 is 34.4 Å². The Morgan fingerprint density at radius 3 is 2.46 bits per heavy atom. The molecule has 0 aromatic heterocycles. The zero-order chi connectivity index (χ0) is 9.68. The molecule has 0 aliphatic carbocycles. The molecule has 0 spiro atoms. The molecule has 0 radical (unpaired) electrons. The number of halogens is 1. The van der Waals surface area contributed by atoms with Crippen LogP contribution < -0.4 is 11.3 Å². The van der Waals surface area contributed by atoms with Crippen molar-refractivity contribution in [1.29, 1.82) is 5.41 Å². The second-order valence-corrected chi connectivity index (χ2v) is 3.66. The lowest BCUT2D eigenvalue weighted by molar-refractivity contribution is 0.972. The molecular weight excluding hydrogens is 277 g/mol. The molecule has 0 fully saturated rings. The Kier molecular flexibility index (Phi) is 3.91. The fourth-order valence-electron chi connectivity index (χ4n) is 0.940. The van der Waals surface area contributed by atoms with Crippen LogP contribution in [0.25, 0.3) is 5.57 Å². The summed E-state index contributed by atoms with van der Waals surface area (Å²) in [7, 11) is 0. The van der Waals surface area contributed by atoms with E-state index in [0.717, 1.165) is 11.1 Å². The summed E-state index contributed by atoms with van der Waals surface area (Å²) in [6.07, 6.45) is 2.86. The van der Waals surface area contributed by atoms with Crippen molar-refractivity contribution in [3.63, 3.8) is 0 Å². The Bertz CT molecular complexity index is 316. The van der Waals surface area contributed by atoms with Crippen molar-refractivity contribution in [1.82, 2.24) is 5.43 Å². The lowest BCUT2D eigenvalue weighted by Crippen LogP contribution is -2.14. The van der Waals surface area contributed by atoms with Gasteiger partial charge >= 0.3 is 0 Å². The van der Waals surface area contributed by atoms with Crippen molar-refractivity contribution in [3.05, 3.63) is 39.6 Å². The first-order valence-electron chi connectivity index (χ1n) is 3.70. The highest BCUT2D eigenvalue weighted by Crippen LogP contribution is 2.13. The van der Waals surface area contributed by atoms with Crippen LogP contribution in [0.1, 0.15) is 5.56 Å². The van der Waals surface area contributed by atoms with Gasteiger partial charge in [-0.3, -0.25) is 5.84 Å². The molecule has 0 heterocycles. The highest BCUT2D eigenvalue weighted by atomic mass is 127. The summed E-state index contributed by atoms with van der Waals surface area (Å²) in [4.78, 5) is 0. The number of allylic oxidation sites excluding steroid dienone is 1. The van der Waals surface area contributed by atoms with Crippen molar-refractivity contribution < 1.29 is 0 Å². The maximum atomic E-state index is 7.16. The highest BCUT2D eigenvalue weighted by Gasteiger charge is 1.96. The van der Waals surface area contributed by atoms with E-state index < -0.39 is 0 Å². The SMILES string of the molecule is N=C/C(=C\NN)c1ccc(I)cc1. The molecular formula is C9H10IN3. The van der Waals surface area contributed by atoms with Crippen LogP contribution in [-0.4, -0.2) is 6.21 Å². The van der Waals surface area contributed by atoms with Gasteiger partial charge in [-0.15, -0.1) is 0 Å². The minimum Gasteiger partial charge on any atom is -0.331 e. The number of rotatable bonds is 3. The van der Waals surface area contributed by atoms with Gasteiger partial charge in [0.25, 0.3) is 0 Å². The molecule has 0 aliphatic rings. The number of nitrogens with two attached hydrogens (primary N) is 1. The zero-order valence-electron chi connectivity index (χ0n) is 6.92. The van der Waals surface area contributed by atoms with Crippen LogP contribution in [0.4, 0.5) is 0 Å². The van der Waals surface area contributed by atoms with Gasteiger partial charge in [0, 0.05) is 21.6 Å². The largest absolute Gasteiger partial charge is 0.331 e. The Morgan fingerprint density at radius 2 is 2.00 bits per heavy atom. The first kappa shape index (κ1) is 10.2. The molecule has 1 rings (SSSR count). The Labute approximate surface area is 90.6 Å². The molecule has 0 unspecified atom stereocenters. The third-order valence-corrected chi connectivity index (χ3v) is 2.29. The smallest absolute Gasteiger partial charge is 0.0271 e. The lowest BCUT2D eigenvalue weighted by atomic mass is 10.1. The minimum absolute atomic E-state index is 0.763. The number of hydrogen-bond acceptors (Lipinski definition) is 3. The van der Waals surface area contributed by atoms with Gasteiger partial charge in [0.2, 0.25) is 0 Å². The van der Waals surface area contributed by atoms with Crippen molar-refractivity contribution in [2.75, 3.05) is 0 Å². The average Bonchev–Trinajstić information content (AvgIpc) is 2.16. The Hall–Kier alpha value is -0.880. The monoisotopic (exact) mass is 287 g/mol. The third kappa shape index (κ3) is 2.82. The molecule has 3 nitrogen and oxygen atoms in total. The molecule has 68 valence electrons. The maximum absolute atomic E-state index is 7.16. The maximum Gasteiger partial charge on any atom is 0.0271 e. The standard InChI is InChI=1S/C9H10IN3/c10-9-3-1-7(2-4-9)8(5-11)6-13-12/h1-6,11,13H,12H2/b8-6+,11-5?. The Balaban J connectivity index is 2.99. The Morgan fingerprint density at radius 1 is 1.38 bits per heavy atom. The van der Waals surface area contributed by atoms with E-state index in [2.05, 4.69) is 28.0 Å². The molecule has 0 bridgehead atoms. The van der Waals surface area contributed by atoms with Gasteiger partial charge in [-0.2, -0.15) is 0 Å². The molecule has 13 heavy (non-hydrogen) atoms. The molecule has 0 aliphatic heterocycles. The van der Waals surface area contributed by atoms with Crippen molar-refractivity contribution in [2.24, 2.45) is 5.84 Å². The number of hydrazine groups is 1. The van der Waals surface area contributed by atoms with E-state index in [-0.39, 0.29) is 0 Å². The predicted octanol–water partition coefficient (Wildman–Crippen LogP) is 1.74. The third-order valence-electron chi connectivity index (χ3n) is 1.57. The van der Waals surface area contributed by atoms with Crippen LogP contribution in [-0.2, 0) is 0 Å². The van der Waals surface area contributed by atoms with Gasteiger partial charge in [0.15, 0.2) is 0 Å². The molecule has 1 aromatic carbocycles. The minimum atomic E-state index is 0.763. The van der Waals surface area contributed by atoms with E-state index in [4.69, 9.17) is 11.3 Å². The van der Waals surface area contributed by atoms with Gasteiger partial charge in [-0.25, -0.2) is 0 Å². The van der Waals surface area contributed by atoms with E-state index in [1.807, 2.05) is 24.3 Å². The first-order chi connectivity index (χ1) is 6.27. The van der Waals surface area contributed by atoms with E-state index in [0.29, 0.717) is 0 Å². The lowest BCUT2D eigenvalue weighted by Gasteiger charge is -2.01. The van der Waals surface area contributed by atoms with Gasteiger partial charge < -0.3 is 10.8 Å². The van der Waals surface area contributed by atoms with Gasteiger partial charge in [-0.05, 0) is 40.3 Å². The van der Waals surface area contributed by atoms with E-state index in [9.17, 15) is 0 Å². The van der Waals surface area contributed by atoms with Crippen molar-refractivity contribution in [3.8, 4) is 0 Å². The summed E-state index contributed by atoms with van der Waals surface area (Å²) >= 11 is 2.24. The summed E-state index contributed by atoms with van der Waals surface area (Å²) in [6.45, 7) is 0. The van der Waals surface area contributed by atoms with Crippen LogP contribution in [0.15, 0.2) is 30.5 Å². The molecule has 0 saturated heterocycles. The molecule has 0 saturated carbocycles. The fourth-order valence-corrected chi connectivity index (χ4v) is 1.30. The summed E-state index contributed by atoms with van der Waals surface area (Å²) in [6, 6.07) is 7.89. The molecule has 4 heteroatoms. The summed E-state index contributed by atoms with van der Waals surface area (Å²) in [5, 5.41) is 7.16. The predicted molar refractivity (Wildman–Crippen MR) is 63.2 cm³/mol.